The third kappa shape index (κ3) is 1.38. The molecule has 0 radical (unpaired) electrons. The lowest BCUT2D eigenvalue weighted by Crippen LogP contribution is -1.75. The summed E-state index contributed by atoms with van der Waals surface area (Å²) in [6.45, 7) is 1.92. The van der Waals surface area contributed by atoms with Crippen molar-refractivity contribution in [1.82, 2.24) is 10.2 Å². The predicted molar refractivity (Wildman–Crippen MR) is 55.1 cm³/mol. The molecule has 0 unspecified atom stereocenters. The Bertz CT molecular complexity index is 396. The summed E-state index contributed by atoms with van der Waals surface area (Å²) >= 11 is 3.72. The number of nitrogens with zero attached hydrogens (tertiary/aromatic N) is 2. The molecule has 0 bridgehead atoms. The summed E-state index contributed by atoms with van der Waals surface area (Å²) in [5.41, 5.74) is 1.04. The highest BCUT2D eigenvalue weighted by Gasteiger charge is 2.08. The highest BCUT2D eigenvalue weighted by molar-refractivity contribution is 14.1. The van der Waals surface area contributed by atoms with Crippen molar-refractivity contribution in [2.45, 2.75) is 6.92 Å². The highest BCUT2D eigenvalue weighted by Crippen LogP contribution is 2.27. The van der Waals surface area contributed by atoms with Crippen LogP contribution in [0.25, 0.3) is 10.6 Å². The summed E-state index contributed by atoms with van der Waals surface area (Å²) in [5, 5.41) is 8.87. The minimum atomic E-state index is 0.891. The van der Waals surface area contributed by atoms with Gasteiger partial charge in [0.1, 0.15) is 5.76 Å². The van der Waals surface area contributed by atoms with Crippen molar-refractivity contribution in [3.8, 4) is 10.6 Å². The van der Waals surface area contributed by atoms with Crippen molar-refractivity contribution in [2.75, 3.05) is 0 Å². The van der Waals surface area contributed by atoms with Crippen LogP contribution in [0.4, 0.5) is 0 Å². The fraction of sp³-hybridized carbons (Fsp3) is 0.143. The van der Waals surface area contributed by atoms with Crippen LogP contribution in [-0.4, -0.2) is 10.2 Å². The fourth-order valence-corrected chi connectivity index (χ4v) is 2.30. The van der Waals surface area contributed by atoms with E-state index in [4.69, 9.17) is 4.42 Å². The van der Waals surface area contributed by atoms with Crippen molar-refractivity contribution in [3.05, 3.63) is 21.1 Å². The van der Waals surface area contributed by atoms with Crippen molar-refractivity contribution in [2.24, 2.45) is 0 Å². The second-order valence-corrected chi connectivity index (χ2v) is 4.98. The average molecular weight is 292 g/mol. The number of hydrogen-bond donors (Lipinski definition) is 0. The molecule has 0 aliphatic rings. The topological polar surface area (TPSA) is 38.9 Å². The molecule has 12 heavy (non-hydrogen) atoms. The van der Waals surface area contributed by atoms with Crippen LogP contribution in [0, 0.1) is 9.94 Å². The molecule has 0 amide bonds. The van der Waals surface area contributed by atoms with Gasteiger partial charge in [-0.2, -0.15) is 0 Å². The number of aromatic nitrogens is 2. The van der Waals surface area contributed by atoms with Gasteiger partial charge >= 0.3 is 0 Å². The Labute approximate surface area is 87.0 Å². The molecule has 2 aromatic heterocycles. The van der Waals surface area contributed by atoms with Gasteiger partial charge in [-0.15, -0.1) is 10.2 Å². The average Bonchev–Trinajstić information content (AvgIpc) is 2.58. The Hall–Kier alpha value is -0.430. The first-order chi connectivity index (χ1) is 5.77. The Morgan fingerprint density at radius 1 is 1.50 bits per heavy atom. The predicted octanol–water partition coefficient (Wildman–Crippen LogP) is 2.71. The quantitative estimate of drug-likeness (QED) is 0.759. The highest BCUT2D eigenvalue weighted by atomic mass is 127. The summed E-state index contributed by atoms with van der Waals surface area (Å²) in [6.07, 6.45) is 1.67. The number of halogens is 1. The maximum absolute atomic E-state index is 5.16. The molecule has 0 fully saturated rings. The van der Waals surface area contributed by atoms with E-state index in [2.05, 4.69) is 32.8 Å². The van der Waals surface area contributed by atoms with E-state index in [0.717, 1.165) is 19.3 Å². The normalized spacial score (nSPS) is 10.5. The Morgan fingerprint density at radius 2 is 2.33 bits per heavy atom. The number of hydrogen-bond acceptors (Lipinski definition) is 4. The Morgan fingerprint density at radius 3 is 2.83 bits per heavy atom. The second kappa shape index (κ2) is 3.14. The Balaban J connectivity index is 2.50. The molecule has 0 saturated heterocycles. The molecule has 3 nitrogen and oxygen atoms in total. The van der Waals surface area contributed by atoms with E-state index in [-0.39, 0.29) is 0 Å². The molecular weight excluding hydrogens is 287 g/mol. The second-order valence-electron chi connectivity index (χ2n) is 2.25. The number of aryl methyl sites for hydroxylation is 1. The first-order valence-corrected chi connectivity index (χ1v) is 5.20. The van der Waals surface area contributed by atoms with Gasteiger partial charge < -0.3 is 4.42 Å². The van der Waals surface area contributed by atoms with E-state index in [0.29, 0.717) is 0 Å². The molecule has 2 aromatic rings. The van der Waals surface area contributed by atoms with E-state index in [9.17, 15) is 0 Å². The molecule has 2 heterocycles. The monoisotopic (exact) mass is 292 g/mol. The maximum atomic E-state index is 5.16. The van der Waals surface area contributed by atoms with E-state index in [1.807, 2.05) is 13.0 Å². The molecule has 62 valence electrons. The van der Waals surface area contributed by atoms with E-state index in [1.165, 1.54) is 0 Å². The van der Waals surface area contributed by atoms with Gasteiger partial charge in [0.15, 0.2) is 8.02 Å². The summed E-state index contributed by atoms with van der Waals surface area (Å²) in [4.78, 5) is 0. The molecular formula is C7H5IN2OS. The van der Waals surface area contributed by atoms with Crippen LogP contribution >= 0.6 is 33.9 Å². The zero-order valence-electron chi connectivity index (χ0n) is 6.24. The van der Waals surface area contributed by atoms with Gasteiger partial charge in [-0.1, -0.05) is 11.3 Å². The minimum Gasteiger partial charge on any atom is -0.469 e. The summed E-state index contributed by atoms with van der Waals surface area (Å²) in [6, 6.07) is 1.91. The SMILES string of the molecule is Cc1occc1-c1nnc(I)s1. The van der Waals surface area contributed by atoms with Crippen molar-refractivity contribution >= 4 is 33.9 Å². The van der Waals surface area contributed by atoms with Gasteiger partial charge in [0.25, 0.3) is 0 Å². The largest absolute Gasteiger partial charge is 0.469 e. The molecule has 0 atom stereocenters. The van der Waals surface area contributed by atoms with Crippen molar-refractivity contribution < 1.29 is 4.42 Å². The molecule has 0 aliphatic carbocycles. The third-order valence-electron chi connectivity index (χ3n) is 1.49. The molecule has 0 N–H and O–H groups in total. The molecule has 0 saturated carbocycles. The van der Waals surface area contributed by atoms with Gasteiger partial charge in [0, 0.05) is 0 Å². The summed E-state index contributed by atoms with van der Waals surface area (Å²) < 4.78 is 6.11. The van der Waals surface area contributed by atoms with Crippen molar-refractivity contribution in [3.63, 3.8) is 0 Å². The van der Waals surface area contributed by atoms with E-state index >= 15 is 0 Å². The third-order valence-corrected chi connectivity index (χ3v) is 3.11. The Kier molecular flexibility index (Phi) is 2.14. The van der Waals surface area contributed by atoms with Crippen LogP contribution in [0.1, 0.15) is 5.76 Å². The zero-order valence-corrected chi connectivity index (χ0v) is 9.22. The smallest absolute Gasteiger partial charge is 0.178 e. The van der Waals surface area contributed by atoms with Crippen LogP contribution in [0.3, 0.4) is 0 Å². The lowest BCUT2D eigenvalue weighted by atomic mass is 10.3. The van der Waals surface area contributed by atoms with E-state index in [1.54, 1.807) is 17.6 Å². The fourth-order valence-electron chi connectivity index (χ4n) is 0.921. The zero-order chi connectivity index (χ0) is 8.55. The van der Waals surface area contributed by atoms with Crippen LogP contribution in [0.5, 0.6) is 0 Å². The minimum absolute atomic E-state index is 0.891. The molecule has 0 aromatic carbocycles. The van der Waals surface area contributed by atoms with Crippen LogP contribution in [0.2, 0.25) is 0 Å². The van der Waals surface area contributed by atoms with Crippen molar-refractivity contribution in [1.29, 1.82) is 0 Å². The van der Waals surface area contributed by atoms with E-state index < -0.39 is 0 Å². The van der Waals surface area contributed by atoms with Crippen LogP contribution in [-0.2, 0) is 0 Å². The lowest BCUT2D eigenvalue weighted by molar-refractivity contribution is 0.535. The number of furan rings is 1. The summed E-state index contributed by atoms with van der Waals surface area (Å²) in [7, 11) is 0. The summed E-state index contributed by atoms with van der Waals surface area (Å²) in [5.74, 6) is 0.891. The van der Waals surface area contributed by atoms with Gasteiger partial charge in [-0.3, -0.25) is 0 Å². The van der Waals surface area contributed by atoms with Crippen LogP contribution < -0.4 is 0 Å². The van der Waals surface area contributed by atoms with Gasteiger partial charge in [-0.25, -0.2) is 0 Å². The van der Waals surface area contributed by atoms with Gasteiger partial charge in [0.05, 0.1) is 11.8 Å². The molecule has 5 heteroatoms. The van der Waals surface area contributed by atoms with Crippen LogP contribution in [0.15, 0.2) is 16.7 Å². The van der Waals surface area contributed by atoms with Gasteiger partial charge in [-0.05, 0) is 35.6 Å². The molecule has 0 aliphatic heterocycles. The first-order valence-electron chi connectivity index (χ1n) is 3.31. The first kappa shape index (κ1) is 8.18. The number of rotatable bonds is 1. The molecule has 2 rings (SSSR count). The lowest BCUT2D eigenvalue weighted by Gasteiger charge is -1.87. The molecule has 0 spiro atoms. The standard InChI is InChI=1S/C7H5IN2OS/c1-4-5(2-3-11-4)6-9-10-7(8)12-6/h2-3H,1H3. The maximum Gasteiger partial charge on any atom is 0.178 e. The van der Waals surface area contributed by atoms with Gasteiger partial charge in [0.2, 0.25) is 0 Å².